The quantitative estimate of drug-likeness (QED) is 0.731. The average molecular weight is 428 g/mol. The minimum atomic E-state index is -1.19. The summed E-state index contributed by atoms with van der Waals surface area (Å²) in [5.41, 5.74) is 0.568. The fourth-order valence-corrected chi connectivity index (χ4v) is 3.35. The molecule has 3 rings (SSSR count). The molecule has 1 fully saturated rings. The molecule has 1 aliphatic rings. The molecule has 0 bridgehead atoms. The van der Waals surface area contributed by atoms with Gasteiger partial charge in [-0.05, 0) is 30.3 Å². The third-order valence-electron chi connectivity index (χ3n) is 5.20. The van der Waals surface area contributed by atoms with Gasteiger partial charge in [-0.3, -0.25) is 14.5 Å². The first kappa shape index (κ1) is 22.2. The number of hydrogen-bond acceptors (Lipinski definition) is 5. The molecular formula is C22H25FN4O4. The van der Waals surface area contributed by atoms with Crippen LogP contribution in [0, 0.1) is 5.82 Å². The molecule has 2 aromatic carbocycles. The Kier molecular flexibility index (Phi) is 6.86. The van der Waals surface area contributed by atoms with Crippen LogP contribution in [0.3, 0.4) is 0 Å². The monoisotopic (exact) mass is 428 g/mol. The molecule has 8 nitrogen and oxygen atoms in total. The lowest BCUT2D eigenvalue weighted by Gasteiger charge is -2.36. The minimum absolute atomic E-state index is 0.0385. The minimum Gasteiger partial charge on any atom is -0.478 e. The van der Waals surface area contributed by atoms with E-state index in [1.165, 1.54) is 36.4 Å². The second kappa shape index (κ2) is 9.57. The summed E-state index contributed by atoms with van der Waals surface area (Å²) in [6.45, 7) is 2.98. The van der Waals surface area contributed by atoms with Crippen molar-refractivity contribution in [1.29, 1.82) is 0 Å². The van der Waals surface area contributed by atoms with Gasteiger partial charge < -0.3 is 20.2 Å². The van der Waals surface area contributed by atoms with Crippen molar-refractivity contribution in [3.63, 3.8) is 0 Å². The van der Waals surface area contributed by atoms with Crippen LogP contribution in [0.15, 0.2) is 42.5 Å². The Morgan fingerprint density at radius 2 is 1.71 bits per heavy atom. The topological polar surface area (TPSA) is 93.2 Å². The van der Waals surface area contributed by atoms with Gasteiger partial charge in [0.25, 0.3) is 5.91 Å². The number of nitrogens with one attached hydrogen (secondary N) is 1. The second-order valence-corrected chi connectivity index (χ2v) is 7.52. The van der Waals surface area contributed by atoms with Gasteiger partial charge in [0.1, 0.15) is 5.82 Å². The van der Waals surface area contributed by atoms with Gasteiger partial charge in [0, 0.05) is 46.0 Å². The lowest BCUT2D eigenvalue weighted by atomic mass is 10.1. The predicted molar refractivity (Wildman–Crippen MR) is 115 cm³/mol. The molecule has 0 aliphatic carbocycles. The number of carboxylic acids is 1. The Morgan fingerprint density at radius 3 is 2.32 bits per heavy atom. The van der Waals surface area contributed by atoms with E-state index in [0.29, 0.717) is 38.4 Å². The van der Waals surface area contributed by atoms with Gasteiger partial charge in [0.2, 0.25) is 5.91 Å². The molecular weight excluding hydrogens is 403 g/mol. The maximum atomic E-state index is 13.9. The summed E-state index contributed by atoms with van der Waals surface area (Å²) < 4.78 is 13.9. The normalized spacial score (nSPS) is 14.2. The zero-order valence-corrected chi connectivity index (χ0v) is 17.5. The van der Waals surface area contributed by atoms with Crippen LogP contribution in [-0.4, -0.2) is 79.5 Å². The molecule has 0 saturated carbocycles. The number of hydrogen-bond donors (Lipinski definition) is 2. The second-order valence-electron chi connectivity index (χ2n) is 7.52. The zero-order valence-electron chi connectivity index (χ0n) is 17.5. The number of carbonyl (C=O) groups is 3. The van der Waals surface area contributed by atoms with E-state index < -0.39 is 17.7 Å². The van der Waals surface area contributed by atoms with Gasteiger partial charge >= 0.3 is 5.97 Å². The van der Waals surface area contributed by atoms with Gasteiger partial charge in [-0.15, -0.1) is 0 Å². The van der Waals surface area contributed by atoms with Crippen molar-refractivity contribution in [3.05, 3.63) is 59.4 Å². The van der Waals surface area contributed by atoms with Crippen LogP contribution in [0.4, 0.5) is 15.8 Å². The number of carbonyl (C=O) groups excluding carboxylic acids is 2. The molecule has 0 atom stereocenters. The Balaban J connectivity index is 1.71. The lowest BCUT2D eigenvalue weighted by Crippen LogP contribution is -2.49. The Morgan fingerprint density at radius 1 is 1.03 bits per heavy atom. The molecule has 2 amide bonds. The Labute approximate surface area is 179 Å². The summed E-state index contributed by atoms with van der Waals surface area (Å²) in [5.74, 6) is -2.55. The maximum Gasteiger partial charge on any atom is 0.337 e. The predicted octanol–water partition coefficient (Wildman–Crippen LogP) is 1.99. The smallest absolute Gasteiger partial charge is 0.337 e. The first-order valence-electron chi connectivity index (χ1n) is 9.87. The zero-order chi connectivity index (χ0) is 22.5. The molecule has 1 saturated heterocycles. The van der Waals surface area contributed by atoms with Crippen LogP contribution in [-0.2, 0) is 4.79 Å². The molecule has 0 spiro atoms. The van der Waals surface area contributed by atoms with E-state index in [1.807, 2.05) is 4.90 Å². The standard InChI is InChI=1S/C22H25FN4O4/c1-25(2)20(28)14-26-9-11-27(12-10-26)15-7-8-19(17(13-15)22(30)31)24-21(29)16-5-3-4-6-18(16)23/h3-8,13H,9-12,14H2,1-2H3,(H,24,29)(H,30,31). The summed E-state index contributed by atoms with van der Waals surface area (Å²) in [7, 11) is 3.44. The number of likely N-dealkylation sites (N-methyl/N-ethyl adjacent to an activating group) is 1. The molecule has 2 N–H and O–H groups in total. The highest BCUT2D eigenvalue weighted by atomic mass is 19.1. The number of carboxylic acid groups (broad SMARTS) is 1. The first-order valence-corrected chi connectivity index (χ1v) is 9.87. The number of aromatic carboxylic acids is 1. The first-order chi connectivity index (χ1) is 14.8. The van der Waals surface area contributed by atoms with Crippen LogP contribution in [0.2, 0.25) is 0 Å². The summed E-state index contributed by atoms with van der Waals surface area (Å²) in [5, 5.41) is 12.1. The Bertz CT molecular complexity index is 987. The van der Waals surface area contributed by atoms with Crippen molar-refractivity contribution in [3.8, 4) is 0 Å². The van der Waals surface area contributed by atoms with Crippen LogP contribution in [0.25, 0.3) is 0 Å². The van der Waals surface area contributed by atoms with Gasteiger partial charge in [-0.25, -0.2) is 9.18 Å². The summed E-state index contributed by atoms with van der Waals surface area (Å²) in [6, 6.07) is 10.2. The van der Waals surface area contributed by atoms with Crippen molar-refractivity contribution in [2.24, 2.45) is 0 Å². The van der Waals surface area contributed by atoms with E-state index in [4.69, 9.17) is 0 Å². The van der Waals surface area contributed by atoms with Gasteiger partial charge in [-0.2, -0.15) is 0 Å². The molecule has 164 valence electrons. The number of halogens is 1. The highest BCUT2D eigenvalue weighted by Crippen LogP contribution is 2.25. The third-order valence-corrected chi connectivity index (χ3v) is 5.20. The van der Waals surface area contributed by atoms with Crippen LogP contribution in [0.5, 0.6) is 0 Å². The van der Waals surface area contributed by atoms with E-state index in [-0.39, 0.29) is 22.7 Å². The molecule has 1 heterocycles. The molecule has 0 unspecified atom stereocenters. The highest BCUT2D eigenvalue weighted by molar-refractivity contribution is 6.08. The fraction of sp³-hybridized carbons (Fsp3) is 0.318. The van der Waals surface area contributed by atoms with E-state index >= 15 is 0 Å². The van der Waals surface area contributed by atoms with E-state index in [1.54, 1.807) is 25.1 Å². The SMILES string of the molecule is CN(C)C(=O)CN1CCN(c2ccc(NC(=O)c3ccccc3F)c(C(=O)O)c2)CC1. The number of nitrogens with zero attached hydrogens (tertiary/aromatic N) is 3. The van der Waals surface area contributed by atoms with Gasteiger partial charge in [0.05, 0.1) is 23.4 Å². The number of amides is 2. The van der Waals surface area contributed by atoms with Crippen LogP contribution >= 0.6 is 0 Å². The molecule has 0 aromatic heterocycles. The molecule has 2 aromatic rings. The Hall–Kier alpha value is -3.46. The number of piperazine rings is 1. The molecule has 9 heteroatoms. The summed E-state index contributed by atoms with van der Waals surface area (Å²) >= 11 is 0. The van der Waals surface area contributed by atoms with E-state index in [9.17, 15) is 23.9 Å². The largest absolute Gasteiger partial charge is 0.478 e. The molecule has 1 aliphatic heterocycles. The van der Waals surface area contributed by atoms with E-state index in [2.05, 4.69) is 10.2 Å². The maximum absolute atomic E-state index is 13.9. The van der Waals surface area contributed by atoms with Crippen molar-refractivity contribution >= 4 is 29.2 Å². The van der Waals surface area contributed by atoms with Crippen LogP contribution < -0.4 is 10.2 Å². The highest BCUT2D eigenvalue weighted by Gasteiger charge is 2.22. The van der Waals surface area contributed by atoms with Gasteiger partial charge in [-0.1, -0.05) is 12.1 Å². The molecule has 31 heavy (non-hydrogen) atoms. The van der Waals surface area contributed by atoms with Crippen molar-refractivity contribution in [2.75, 3.05) is 57.0 Å². The lowest BCUT2D eigenvalue weighted by molar-refractivity contribution is -0.129. The third kappa shape index (κ3) is 5.37. The van der Waals surface area contributed by atoms with Gasteiger partial charge in [0.15, 0.2) is 0 Å². The summed E-state index contributed by atoms with van der Waals surface area (Å²) in [4.78, 5) is 41.7. The fourth-order valence-electron chi connectivity index (χ4n) is 3.35. The van der Waals surface area contributed by atoms with Crippen LogP contribution in [0.1, 0.15) is 20.7 Å². The number of benzene rings is 2. The van der Waals surface area contributed by atoms with Crippen molar-refractivity contribution < 1.29 is 23.9 Å². The van der Waals surface area contributed by atoms with Crippen molar-refractivity contribution in [1.82, 2.24) is 9.80 Å². The average Bonchev–Trinajstić information content (AvgIpc) is 2.74. The molecule has 0 radical (unpaired) electrons. The summed E-state index contributed by atoms with van der Waals surface area (Å²) in [6.07, 6.45) is 0. The van der Waals surface area contributed by atoms with E-state index in [0.717, 1.165) is 0 Å². The number of anilines is 2. The van der Waals surface area contributed by atoms with Crippen molar-refractivity contribution in [2.45, 2.75) is 0 Å². The number of rotatable bonds is 6.